The number of thioether (sulfide) groups is 1. The minimum atomic E-state index is -0.251. The van der Waals surface area contributed by atoms with Crippen molar-refractivity contribution in [3.05, 3.63) is 52.7 Å². The molecule has 0 radical (unpaired) electrons. The van der Waals surface area contributed by atoms with Crippen LogP contribution in [0.2, 0.25) is 0 Å². The van der Waals surface area contributed by atoms with Crippen LogP contribution in [0.15, 0.2) is 46.3 Å². The van der Waals surface area contributed by atoms with E-state index in [0.29, 0.717) is 5.69 Å². The normalized spacial score (nSPS) is 10.3. The topological polar surface area (TPSA) is 64.0 Å². The van der Waals surface area contributed by atoms with Gasteiger partial charge >= 0.3 is 0 Å². The monoisotopic (exact) mass is 289 g/mol. The summed E-state index contributed by atoms with van der Waals surface area (Å²) in [6, 6.07) is 8.94. The van der Waals surface area contributed by atoms with E-state index in [1.807, 2.05) is 30.5 Å². The van der Waals surface area contributed by atoms with Crippen molar-refractivity contribution in [1.29, 1.82) is 0 Å². The number of nitrogens with zero attached hydrogens (tertiary/aromatic N) is 2. The van der Waals surface area contributed by atoms with Gasteiger partial charge in [0.1, 0.15) is 6.54 Å². The second kappa shape index (κ2) is 6.38. The molecular formula is C14H15N3O2S. The van der Waals surface area contributed by atoms with Crippen molar-refractivity contribution in [3.63, 3.8) is 0 Å². The van der Waals surface area contributed by atoms with E-state index in [-0.39, 0.29) is 18.0 Å². The summed E-state index contributed by atoms with van der Waals surface area (Å²) in [5.41, 5.74) is 1.16. The Kier molecular flexibility index (Phi) is 4.57. The first kappa shape index (κ1) is 14.3. The summed E-state index contributed by atoms with van der Waals surface area (Å²) in [5, 5.41) is 2.80. The predicted molar refractivity (Wildman–Crippen MR) is 80.1 cm³/mol. The van der Waals surface area contributed by atoms with Gasteiger partial charge in [0.25, 0.3) is 5.56 Å². The number of hydrogen-bond acceptors (Lipinski definition) is 4. The van der Waals surface area contributed by atoms with E-state index in [1.165, 1.54) is 17.0 Å². The van der Waals surface area contributed by atoms with Gasteiger partial charge in [0, 0.05) is 16.7 Å². The molecule has 1 aromatic carbocycles. The molecule has 20 heavy (non-hydrogen) atoms. The summed E-state index contributed by atoms with van der Waals surface area (Å²) in [5.74, 6) is -0.251. The first-order chi connectivity index (χ1) is 9.60. The standard InChI is InChI=1S/C14H15N3O2S/c1-10-7-14(19)17(9-15-10)8-13(18)16-11-5-3-4-6-12(11)20-2/h3-7,9H,8H2,1-2H3,(H,16,18). The van der Waals surface area contributed by atoms with Crippen molar-refractivity contribution in [3.8, 4) is 0 Å². The largest absolute Gasteiger partial charge is 0.324 e. The molecule has 0 fully saturated rings. The van der Waals surface area contributed by atoms with Gasteiger partial charge < -0.3 is 5.32 Å². The third kappa shape index (κ3) is 3.48. The molecule has 0 aliphatic rings. The van der Waals surface area contributed by atoms with Crippen LogP contribution in [-0.4, -0.2) is 21.7 Å². The van der Waals surface area contributed by atoms with E-state index < -0.39 is 0 Å². The highest BCUT2D eigenvalue weighted by atomic mass is 32.2. The van der Waals surface area contributed by atoms with Gasteiger partial charge in [-0.15, -0.1) is 11.8 Å². The number of aryl methyl sites for hydroxylation is 1. The number of rotatable bonds is 4. The fraction of sp³-hybridized carbons (Fsp3) is 0.214. The van der Waals surface area contributed by atoms with Gasteiger partial charge in [0.05, 0.1) is 12.0 Å². The van der Waals surface area contributed by atoms with Gasteiger partial charge in [0.15, 0.2) is 0 Å². The highest BCUT2D eigenvalue weighted by molar-refractivity contribution is 7.98. The first-order valence-corrected chi connectivity index (χ1v) is 7.28. The molecule has 0 aliphatic heterocycles. The molecule has 2 rings (SSSR count). The number of benzene rings is 1. The van der Waals surface area contributed by atoms with E-state index in [9.17, 15) is 9.59 Å². The number of nitrogens with one attached hydrogen (secondary N) is 1. The van der Waals surface area contributed by atoms with Crippen LogP contribution in [0.25, 0.3) is 0 Å². The molecule has 0 bridgehead atoms. The average Bonchev–Trinajstić information content (AvgIpc) is 2.42. The minimum Gasteiger partial charge on any atom is -0.324 e. The Morgan fingerprint density at radius 1 is 1.40 bits per heavy atom. The lowest BCUT2D eigenvalue weighted by atomic mass is 10.3. The zero-order valence-corrected chi connectivity index (χ0v) is 12.1. The Morgan fingerprint density at radius 2 is 2.15 bits per heavy atom. The molecule has 0 unspecified atom stereocenters. The van der Waals surface area contributed by atoms with Crippen LogP contribution in [0.3, 0.4) is 0 Å². The van der Waals surface area contributed by atoms with Crippen LogP contribution >= 0.6 is 11.8 Å². The number of aromatic nitrogens is 2. The first-order valence-electron chi connectivity index (χ1n) is 6.06. The van der Waals surface area contributed by atoms with Crippen LogP contribution in [0, 0.1) is 6.92 Å². The van der Waals surface area contributed by atoms with E-state index in [2.05, 4.69) is 10.3 Å². The maximum Gasteiger partial charge on any atom is 0.253 e. The van der Waals surface area contributed by atoms with E-state index >= 15 is 0 Å². The van der Waals surface area contributed by atoms with E-state index in [1.54, 1.807) is 18.7 Å². The maximum absolute atomic E-state index is 12.0. The van der Waals surface area contributed by atoms with Gasteiger partial charge in [-0.3, -0.25) is 14.2 Å². The number of hydrogen-bond donors (Lipinski definition) is 1. The molecule has 6 heteroatoms. The van der Waals surface area contributed by atoms with Crippen LogP contribution in [0.4, 0.5) is 5.69 Å². The van der Waals surface area contributed by atoms with Crippen LogP contribution in [0.1, 0.15) is 5.69 Å². The third-order valence-corrected chi connectivity index (χ3v) is 3.51. The zero-order valence-electron chi connectivity index (χ0n) is 11.3. The lowest BCUT2D eigenvalue weighted by Crippen LogP contribution is -2.27. The van der Waals surface area contributed by atoms with Gasteiger partial charge in [-0.25, -0.2) is 4.98 Å². The number of carbonyl (C=O) groups is 1. The predicted octanol–water partition coefficient (Wildman–Crippen LogP) is 1.91. The molecule has 0 saturated carbocycles. The van der Waals surface area contributed by atoms with E-state index in [0.717, 1.165) is 10.6 Å². The molecule has 104 valence electrons. The molecule has 1 aromatic heterocycles. The molecule has 0 saturated heterocycles. The fourth-order valence-corrected chi connectivity index (χ4v) is 2.28. The summed E-state index contributed by atoms with van der Waals surface area (Å²) < 4.78 is 1.28. The Hall–Kier alpha value is -2.08. The van der Waals surface area contributed by atoms with Crippen molar-refractivity contribution in [1.82, 2.24) is 9.55 Å². The smallest absolute Gasteiger partial charge is 0.253 e. The Bertz CT molecular complexity index is 682. The van der Waals surface area contributed by atoms with Crippen molar-refractivity contribution in [2.75, 3.05) is 11.6 Å². The highest BCUT2D eigenvalue weighted by Crippen LogP contribution is 2.24. The van der Waals surface area contributed by atoms with Crippen molar-refractivity contribution in [2.24, 2.45) is 0 Å². The lowest BCUT2D eigenvalue weighted by Gasteiger charge is -2.10. The number of para-hydroxylation sites is 1. The summed E-state index contributed by atoms with van der Waals surface area (Å²) in [4.78, 5) is 28.7. The van der Waals surface area contributed by atoms with Gasteiger partial charge in [-0.1, -0.05) is 12.1 Å². The molecule has 0 atom stereocenters. The molecule has 5 nitrogen and oxygen atoms in total. The SMILES string of the molecule is CSc1ccccc1NC(=O)Cn1cnc(C)cc1=O. The second-order valence-electron chi connectivity index (χ2n) is 4.24. The van der Waals surface area contributed by atoms with Gasteiger partial charge in [0.2, 0.25) is 5.91 Å². The summed E-state index contributed by atoms with van der Waals surface area (Å²) in [7, 11) is 0. The molecule has 0 aliphatic carbocycles. The summed E-state index contributed by atoms with van der Waals surface area (Å²) >= 11 is 1.55. The van der Waals surface area contributed by atoms with Crippen LogP contribution in [0.5, 0.6) is 0 Å². The Balaban J connectivity index is 2.11. The van der Waals surface area contributed by atoms with Crippen molar-refractivity contribution in [2.45, 2.75) is 18.4 Å². The van der Waals surface area contributed by atoms with Gasteiger partial charge in [-0.2, -0.15) is 0 Å². The van der Waals surface area contributed by atoms with Gasteiger partial charge in [-0.05, 0) is 25.3 Å². The number of anilines is 1. The fourth-order valence-electron chi connectivity index (χ4n) is 1.73. The van der Waals surface area contributed by atoms with Crippen LogP contribution < -0.4 is 10.9 Å². The molecule has 2 aromatic rings. The number of carbonyl (C=O) groups excluding carboxylic acids is 1. The second-order valence-corrected chi connectivity index (χ2v) is 5.09. The Morgan fingerprint density at radius 3 is 2.85 bits per heavy atom. The minimum absolute atomic E-state index is 0.0468. The molecule has 1 N–H and O–H groups in total. The highest BCUT2D eigenvalue weighted by Gasteiger charge is 2.08. The third-order valence-electron chi connectivity index (χ3n) is 2.71. The van der Waals surface area contributed by atoms with E-state index in [4.69, 9.17) is 0 Å². The summed E-state index contributed by atoms with van der Waals surface area (Å²) in [6.07, 6.45) is 3.33. The lowest BCUT2D eigenvalue weighted by molar-refractivity contribution is -0.116. The molecule has 1 heterocycles. The van der Waals surface area contributed by atoms with Crippen molar-refractivity contribution < 1.29 is 4.79 Å². The van der Waals surface area contributed by atoms with Crippen LogP contribution in [-0.2, 0) is 11.3 Å². The summed E-state index contributed by atoms with van der Waals surface area (Å²) in [6.45, 7) is 1.69. The average molecular weight is 289 g/mol. The molecule has 1 amide bonds. The maximum atomic E-state index is 12.0. The Labute approximate surface area is 121 Å². The molecular weight excluding hydrogens is 274 g/mol. The number of amides is 1. The zero-order chi connectivity index (χ0) is 14.5. The quantitative estimate of drug-likeness (QED) is 0.873. The van der Waals surface area contributed by atoms with Crippen molar-refractivity contribution >= 4 is 23.4 Å². The molecule has 0 spiro atoms.